The summed E-state index contributed by atoms with van der Waals surface area (Å²) in [6.45, 7) is 12.9. The highest BCUT2D eigenvalue weighted by atomic mass is 16.4. The quantitative estimate of drug-likeness (QED) is 0.154. The number of nitrogens with two attached hydrogens (primary N) is 1. The first kappa shape index (κ1) is 33.2. The Labute approximate surface area is 250 Å². The Morgan fingerprint density at radius 2 is 1.68 bits per heavy atom. The maximum absolute atomic E-state index is 11.9. The van der Waals surface area contributed by atoms with Crippen molar-refractivity contribution in [2.45, 2.75) is 129 Å². The lowest BCUT2D eigenvalue weighted by Gasteiger charge is -2.63. The van der Waals surface area contributed by atoms with Gasteiger partial charge in [-0.15, -0.1) is 0 Å². The Kier molecular flexibility index (Phi) is 11.6. The van der Waals surface area contributed by atoms with E-state index in [-0.39, 0.29) is 29.0 Å². The lowest BCUT2D eigenvalue weighted by Crippen LogP contribution is -2.62. The van der Waals surface area contributed by atoms with Crippen LogP contribution in [0.2, 0.25) is 0 Å². The third kappa shape index (κ3) is 7.00. The van der Waals surface area contributed by atoms with Gasteiger partial charge in [0.1, 0.15) is 0 Å². The third-order valence-corrected chi connectivity index (χ3v) is 13.0. The van der Waals surface area contributed by atoms with Crippen molar-refractivity contribution in [2.24, 2.45) is 58.0 Å². The number of rotatable bonds is 15. The van der Waals surface area contributed by atoms with E-state index in [1.54, 1.807) is 6.92 Å². The molecule has 7 nitrogen and oxygen atoms in total. The van der Waals surface area contributed by atoms with Crippen LogP contribution in [0.4, 0.5) is 0 Å². The minimum atomic E-state index is -0.704. The van der Waals surface area contributed by atoms with Gasteiger partial charge in [-0.2, -0.15) is 0 Å². The molecular weight excluding hydrogens is 514 g/mol. The van der Waals surface area contributed by atoms with Gasteiger partial charge >= 0.3 is 5.97 Å². The predicted molar refractivity (Wildman–Crippen MR) is 165 cm³/mol. The van der Waals surface area contributed by atoms with Crippen molar-refractivity contribution in [2.75, 3.05) is 26.2 Å². The van der Waals surface area contributed by atoms with Crippen LogP contribution in [-0.4, -0.2) is 65.7 Å². The van der Waals surface area contributed by atoms with Crippen LogP contribution in [0.3, 0.4) is 0 Å². The molecule has 12 atom stereocenters. The number of unbranched alkanes of at least 4 members (excludes halogenated alkanes) is 1. The molecular formula is C34H63N3O4. The zero-order chi connectivity index (χ0) is 29.8. The number of fused-ring (bicyclic) bond motifs is 5. The number of aliphatic hydroxyl groups excluding tert-OH is 2. The van der Waals surface area contributed by atoms with E-state index in [1.807, 2.05) is 0 Å². The summed E-state index contributed by atoms with van der Waals surface area (Å²) in [6, 6.07) is 0.536. The maximum Gasteiger partial charge on any atom is 0.306 e. The highest BCUT2D eigenvalue weighted by Crippen LogP contribution is 2.68. The summed E-state index contributed by atoms with van der Waals surface area (Å²) in [6.07, 6.45) is 13.0. The van der Waals surface area contributed by atoms with E-state index in [1.165, 1.54) is 12.8 Å². The van der Waals surface area contributed by atoms with Gasteiger partial charge in [0.05, 0.1) is 18.1 Å². The summed E-state index contributed by atoms with van der Waals surface area (Å²) in [7, 11) is 0. The van der Waals surface area contributed by atoms with Crippen molar-refractivity contribution in [1.29, 1.82) is 0 Å². The van der Waals surface area contributed by atoms with Gasteiger partial charge in [-0.3, -0.25) is 4.79 Å². The molecule has 4 unspecified atom stereocenters. The normalized spacial score (nSPS) is 41.7. The van der Waals surface area contributed by atoms with Crippen LogP contribution >= 0.6 is 0 Å². The molecule has 4 aliphatic carbocycles. The third-order valence-electron chi connectivity index (χ3n) is 13.0. The summed E-state index contributed by atoms with van der Waals surface area (Å²) in [5.74, 6) is 1.49. The van der Waals surface area contributed by atoms with Crippen molar-refractivity contribution in [3.05, 3.63) is 0 Å². The van der Waals surface area contributed by atoms with Crippen molar-refractivity contribution in [3.63, 3.8) is 0 Å². The van der Waals surface area contributed by atoms with Gasteiger partial charge in [0, 0.05) is 6.04 Å². The van der Waals surface area contributed by atoms with Crippen molar-refractivity contribution in [1.82, 2.24) is 10.6 Å². The van der Waals surface area contributed by atoms with Crippen LogP contribution in [0.15, 0.2) is 0 Å². The maximum atomic E-state index is 11.9. The van der Waals surface area contributed by atoms with Crippen LogP contribution in [0.5, 0.6) is 0 Å². The highest BCUT2D eigenvalue weighted by molar-refractivity contribution is 5.69. The molecule has 4 saturated carbocycles. The summed E-state index contributed by atoms with van der Waals surface area (Å²) < 4.78 is 0. The van der Waals surface area contributed by atoms with Crippen LogP contribution in [0, 0.1) is 52.3 Å². The van der Waals surface area contributed by atoms with E-state index in [9.17, 15) is 20.1 Å². The van der Waals surface area contributed by atoms with Crippen LogP contribution in [0.1, 0.15) is 111 Å². The lowest BCUT2D eigenvalue weighted by molar-refractivity contribution is -0.202. The molecule has 4 fully saturated rings. The van der Waals surface area contributed by atoms with Crippen molar-refractivity contribution < 1.29 is 20.1 Å². The average Bonchev–Trinajstić information content (AvgIpc) is 3.29. The average molecular weight is 578 g/mol. The number of aliphatic hydroxyl groups is 2. The van der Waals surface area contributed by atoms with E-state index in [2.05, 4.69) is 31.4 Å². The number of carbonyl (C=O) groups is 1. The topological polar surface area (TPSA) is 128 Å². The monoisotopic (exact) mass is 577 g/mol. The molecule has 0 aromatic heterocycles. The smallest absolute Gasteiger partial charge is 0.306 e. The van der Waals surface area contributed by atoms with E-state index in [4.69, 9.17) is 5.73 Å². The molecule has 0 spiro atoms. The van der Waals surface area contributed by atoms with Gasteiger partial charge in [-0.05, 0) is 143 Å². The Morgan fingerprint density at radius 3 is 2.41 bits per heavy atom. The second-order valence-electron chi connectivity index (χ2n) is 15.3. The second kappa shape index (κ2) is 14.4. The Hall–Kier alpha value is -0.730. The molecule has 238 valence electrons. The summed E-state index contributed by atoms with van der Waals surface area (Å²) in [5, 5.41) is 40.2. The fourth-order valence-corrected chi connectivity index (χ4v) is 10.4. The zero-order valence-corrected chi connectivity index (χ0v) is 26.6. The molecule has 0 aromatic rings. The van der Waals surface area contributed by atoms with Crippen LogP contribution in [0.25, 0.3) is 0 Å². The Morgan fingerprint density at radius 1 is 0.927 bits per heavy atom. The summed E-state index contributed by atoms with van der Waals surface area (Å²) in [5.41, 5.74) is 5.62. The minimum Gasteiger partial charge on any atom is -0.481 e. The van der Waals surface area contributed by atoms with Gasteiger partial charge in [0.2, 0.25) is 0 Å². The fraction of sp³-hybridized carbons (Fsp3) is 0.971. The first-order valence-electron chi connectivity index (χ1n) is 17.3. The van der Waals surface area contributed by atoms with E-state index in [0.29, 0.717) is 41.5 Å². The van der Waals surface area contributed by atoms with Crippen molar-refractivity contribution >= 4 is 5.97 Å². The van der Waals surface area contributed by atoms with E-state index >= 15 is 0 Å². The van der Waals surface area contributed by atoms with E-state index < -0.39 is 5.97 Å². The van der Waals surface area contributed by atoms with Gasteiger partial charge in [-0.25, -0.2) is 0 Å². The van der Waals surface area contributed by atoms with Crippen LogP contribution in [-0.2, 0) is 4.79 Å². The number of hydrogen-bond donors (Lipinski definition) is 6. The number of carboxylic acid groups (broad SMARTS) is 1. The highest BCUT2D eigenvalue weighted by Gasteiger charge is 2.65. The first-order chi connectivity index (χ1) is 19.5. The molecule has 7 heteroatoms. The van der Waals surface area contributed by atoms with Crippen molar-refractivity contribution in [3.8, 4) is 0 Å². The van der Waals surface area contributed by atoms with Gasteiger partial charge in [0.25, 0.3) is 0 Å². The molecule has 7 N–H and O–H groups in total. The number of carboxylic acids is 1. The standard InChI is InChI=1S/C34H63N3O4/c1-22(9-7-10-23(2)32(40)41)26-11-12-27-31-28(21-30(39)34(26,27)4)33(3)14-13-25(19-24(33)20-29(31)38)37-18-8-17-36-16-6-5-15-35/h22-31,36-39H,5-21,35H2,1-4H3,(H,40,41)/t22-,23?,24-,25+,26-,27?,28?,29-,30+,31?,33+,34-/m1/s1. The predicted octanol–water partition coefficient (Wildman–Crippen LogP) is 4.79. The SMILES string of the molecule is CC(CCC[C@@H](C)[C@H]1CCC2C3C(C[C@H](O)[C@@]21C)[C@@]1(C)CC[C@H](NCCCNCCCCN)C[C@@H]1C[C@H]3O)C(=O)O. The Balaban J connectivity index is 1.33. The molecule has 4 aliphatic rings. The molecule has 0 heterocycles. The first-order valence-corrected chi connectivity index (χ1v) is 17.3. The number of hydrogen-bond acceptors (Lipinski definition) is 6. The largest absolute Gasteiger partial charge is 0.481 e. The molecule has 41 heavy (non-hydrogen) atoms. The van der Waals surface area contributed by atoms with Crippen LogP contribution < -0.4 is 16.4 Å². The molecule has 0 aromatic carbocycles. The minimum absolute atomic E-state index is 0.152. The molecule has 0 radical (unpaired) electrons. The number of aliphatic carboxylic acids is 1. The molecule has 0 aliphatic heterocycles. The zero-order valence-electron chi connectivity index (χ0n) is 26.6. The summed E-state index contributed by atoms with van der Waals surface area (Å²) in [4.78, 5) is 11.3. The lowest BCUT2D eigenvalue weighted by atomic mass is 9.43. The summed E-state index contributed by atoms with van der Waals surface area (Å²) >= 11 is 0. The van der Waals surface area contributed by atoms with Gasteiger partial charge < -0.3 is 31.7 Å². The fourth-order valence-electron chi connectivity index (χ4n) is 10.4. The number of nitrogens with one attached hydrogen (secondary N) is 2. The van der Waals surface area contributed by atoms with Gasteiger partial charge in [0.15, 0.2) is 0 Å². The van der Waals surface area contributed by atoms with Gasteiger partial charge in [-0.1, -0.05) is 40.5 Å². The molecule has 4 rings (SSSR count). The second-order valence-corrected chi connectivity index (χ2v) is 15.3. The van der Waals surface area contributed by atoms with E-state index in [0.717, 1.165) is 96.8 Å². The molecule has 0 amide bonds. The Bertz CT molecular complexity index is 843. The molecule has 0 bridgehead atoms. The molecule has 0 saturated heterocycles.